The van der Waals surface area contributed by atoms with Crippen molar-refractivity contribution in [3.63, 3.8) is 0 Å². The predicted octanol–water partition coefficient (Wildman–Crippen LogP) is 4.79. The van der Waals surface area contributed by atoms with Gasteiger partial charge >= 0.3 is 0 Å². The van der Waals surface area contributed by atoms with E-state index in [1.807, 2.05) is 0 Å². The highest BCUT2D eigenvalue weighted by Gasteiger charge is 2.23. The molecule has 0 amide bonds. The van der Waals surface area contributed by atoms with Crippen LogP contribution >= 0.6 is 0 Å². The second-order valence-corrected chi connectivity index (χ2v) is 6.53. The number of benzene rings is 1. The molecule has 3 rings (SSSR count). The fraction of sp³-hybridized carbons (Fsp3) is 0.667. The van der Waals surface area contributed by atoms with E-state index in [1.165, 1.54) is 56.9 Å². The quantitative estimate of drug-likeness (QED) is 0.799. The highest BCUT2D eigenvalue weighted by atomic mass is 14.9. The lowest BCUT2D eigenvalue weighted by Gasteiger charge is -2.27. The van der Waals surface area contributed by atoms with Crippen molar-refractivity contribution < 1.29 is 0 Å². The van der Waals surface area contributed by atoms with Crippen LogP contribution in [0.25, 0.3) is 0 Å². The number of nitrogens with one attached hydrogen (secondary N) is 1. The molecule has 2 aliphatic rings. The third-order valence-corrected chi connectivity index (χ3v) is 5.28. The minimum atomic E-state index is 0.558. The minimum absolute atomic E-state index is 0.558. The maximum absolute atomic E-state index is 3.55. The first-order valence-corrected chi connectivity index (χ1v) is 8.14. The Bertz CT molecular complexity index is 402. The van der Waals surface area contributed by atoms with E-state index in [1.54, 1.807) is 5.56 Å². The van der Waals surface area contributed by atoms with Crippen molar-refractivity contribution in [3.8, 4) is 0 Å². The van der Waals surface area contributed by atoms with Crippen LogP contribution in [0.2, 0.25) is 0 Å². The van der Waals surface area contributed by atoms with Gasteiger partial charge in [-0.15, -0.1) is 0 Å². The zero-order valence-corrected chi connectivity index (χ0v) is 12.2. The van der Waals surface area contributed by atoms with Gasteiger partial charge in [-0.1, -0.05) is 56.4 Å². The van der Waals surface area contributed by atoms with Gasteiger partial charge < -0.3 is 5.32 Å². The van der Waals surface area contributed by atoms with Crippen LogP contribution in [0.1, 0.15) is 74.5 Å². The summed E-state index contributed by atoms with van der Waals surface area (Å²) in [6, 6.07) is 9.94. The van der Waals surface area contributed by atoms with Crippen molar-refractivity contribution in [3.05, 3.63) is 35.4 Å². The minimum Gasteiger partial charge on any atom is -0.313 e. The van der Waals surface area contributed by atoms with Crippen LogP contribution < -0.4 is 5.32 Å². The maximum Gasteiger partial charge on any atom is 0.0320 e. The fourth-order valence-corrected chi connectivity index (χ4v) is 3.77. The van der Waals surface area contributed by atoms with Crippen LogP contribution in [0, 0.1) is 5.92 Å². The molecule has 0 aromatic heterocycles. The summed E-state index contributed by atoms with van der Waals surface area (Å²) < 4.78 is 0. The monoisotopic (exact) mass is 257 g/mol. The van der Waals surface area contributed by atoms with Gasteiger partial charge in [0.2, 0.25) is 0 Å². The van der Waals surface area contributed by atoms with E-state index in [4.69, 9.17) is 0 Å². The van der Waals surface area contributed by atoms with Gasteiger partial charge in [0.05, 0.1) is 0 Å². The lowest BCUT2D eigenvalue weighted by molar-refractivity contribution is 0.407. The van der Waals surface area contributed by atoms with Crippen LogP contribution in [0.5, 0.6) is 0 Å². The van der Waals surface area contributed by atoms with Gasteiger partial charge in [0.15, 0.2) is 0 Å². The molecule has 1 heteroatoms. The Morgan fingerprint density at radius 1 is 1.11 bits per heavy atom. The first-order valence-electron chi connectivity index (χ1n) is 8.14. The summed E-state index contributed by atoms with van der Waals surface area (Å²) in [5.74, 6) is 1.80. The van der Waals surface area contributed by atoms with E-state index in [0.717, 1.165) is 11.8 Å². The standard InChI is InChI=1S/C18H27N/c1-19-18(12-14-6-2-3-7-14)17-11-5-10-16(13-17)15-8-4-9-15/h5,10-11,13-15,18-19H,2-4,6-9,12H2,1H3. The third kappa shape index (κ3) is 3.02. The Hall–Kier alpha value is -0.820. The molecule has 2 saturated carbocycles. The van der Waals surface area contributed by atoms with Gasteiger partial charge in [-0.05, 0) is 49.3 Å². The Morgan fingerprint density at radius 3 is 2.53 bits per heavy atom. The largest absolute Gasteiger partial charge is 0.313 e. The highest BCUT2D eigenvalue weighted by Crippen LogP contribution is 2.38. The van der Waals surface area contributed by atoms with Gasteiger partial charge in [-0.2, -0.15) is 0 Å². The van der Waals surface area contributed by atoms with E-state index >= 15 is 0 Å². The molecule has 1 N–H and O–H groups in total. The SMILES string of the molecule is CNC(CC1CCCC1)c1cccc(C2CCC2)c1. The molecule has 1 nitrogen and oxygen atoms in total. The zero-order valence-electron chi connectivity index (χ0n) is 12.2. The van der Waals surface area contributed by atoms with Crippen LogP contribution in [0.15, 0.2) is 24.3 Å². The zero-order chi connectivity index (χ0) is 13.1. The Balaban J connectivity index is 1.70. The van der Waals surface area contributed by atoms with E-state index in [2.05, 4.69) is 36.6 Å². The summed E-state index contributed by atoms with van der Waals surface area (Å²) in [7, 11) is 2.12. The second-order valence-electron chi connectivity index (χ2n) is 6.53. The maximum atomic E-state index is 3.55. The first-order chi connectivity index (χ1) is 9.36. The lowest BCUT2D eigenvalue weighted by Crippen LogP contribution is -2.19. The predicted molar refractivity (Wildman–Crippen MR) is 81.4 cm³/mol. The van der Waals surface area contributed by atoms with Crippen LogP contribution in [0.4, 0.5) is 0 Å². The molecule has 19 heavy (non-hydrogen) atoms. The fourth-order valence-electron chi connectivity index (χ4n) is 3.77. The molecule has 0 spiro atoms. The second kappa shape index (κ2) is 6.09. The smallest absolute Gasteiger partial charge is 0.0320 e. The van der Waals surface area contributed by atoms with Crippen molar-refractivity contribution in [2.75, 3.05) is 7.05 Å². The molecule has 104 valence electrons. The van der Waals surface area contributed by atoms with E-state index in [0.29, 0.717) is 6.04 Å². The topological polar surface area (TPSA) is 12.0 Å². The van der Waals surface area contributed by atoms with Crippen LogP contribution in [-0.4, -0.2) is 7.05 Å². The highest BCUT2D eigenvalue weighted by molar-refractivity contribution is 5.29. The summed E-state index contributed by atoms with van der Waals surface area (Å²) >= 11 is 0. The molecule has 0 saturated heterocycles. The average Bonchev–Trinajstić information content (AvgIpc) is 2.87. The summed E-state index contributed by atoms with van der Waals surface area (Å²) in [6.07, 6.45) is 11.3. The Morgan fingerprint density at radius 2 is 1.89 bits per heavy atom. The van der Waals surface area contributed by atoms with Crippen molar-refractivity contribution in [1.29, 1.82) is 0 Å². The molecule has 0 heterocycles. The van der Waals surface area contributed by atoms with Crippen molar-refractivity contribution >= 4 is 0 Å². The molecule has 1 aromatic carbocycles. The molecular weight excluding hydrogens is 230 g/mol. The molecule has 1 aromatic rings. The first kappa shape index (κ1) is 13.2. The van der Waals surface area contributed by atoms with Gasteiger partial charge in [-0.25, -0.2) is 0 Å². The third-order valence-electron chi connectivity index (χ3n) is 5.28. The summed E-state index contributed by atoms with van der Waals surface area (Å²) in [4.78, 5) is 0. The molecule has 1 unspecified atom stereocenters. The summed E-state index contributed by atoms with van der Waals surface area (Å²) in [5.41, 5.74) is 3.09. The molecule has 1 atom stereocenters. The molecule has 2 aliphatic carbocycles. The number of rotatable bonds is 5. The number of hydrogen-bond acceptors (Lipinski definition) is 1. The van der Waals surface area contributed by atoms with Gasteiger partial charge in [0.25, 0.3) is 0 Å². The van der Waals surface area contributed by atoms with E-state index in [9.17, 15) is 0 Å². The molecule has 2 fully saturated rings. The average molecular weight is 257 g/mol. The Labute approximate surface area is 117 Å². The molecule has 0 radical (unpaired) electrons. The lowest BCUT2D eigenvalue weighted by atomic mass is 9.79. The molecule has 0 aliphatic heterocycles. The van der Waals surface area contributed by atoms with Crippen molar-refractivity contribution in [1.82, 2.24) is 5.32 Å². The normalized spacial score (nSPS) is 22.4. The number of hydrogen-bond donors (Lipinski definition) is 1. The van der Waals surface area contributed by atoms with Crippen LogP contribution in [-0.2, 0) is 0 Å². The van der Waals surface area contributed by atoms with Crippen molar-refractivity contribution in [2.24, 2.45) is 5.92 Å². The molecular formula is C18H27N. The van der Waals surface area contributed by atoms with Gasteiger partial charge in [0.1, 0.15) is 0 Å². The van der Waals surface area contributed by atoms with Gasteiger partial charge in [-0.3, -0.25) is 0 Å². The van der Waals surface area contributed by atoms with Gasteiger partial charge in [0, 0.05) is 6.04 Å². The van der Waals surface area contributed by atoms with Crippen LogP contribution in [0.3, 0.4) is 0 Å². The van der Waals surface area contributed by atoms with E-state index < -0.39 is 0 Å². The summed E-state index contributed by atoms with van der Waals surface area (Å²) in [6.45, 7) is 0. The summed E-state index contributed by atoms with van der Waals surface area (Å²) in [5, 5.41) is 3.55. The van der Waals surface area contributed by atoms with E-state index in [-0.39, 0.29) is 0 Å². The van der Waals surface area contributed by atoms with Crippen molar-refractivity contribution in [2.45, 2.75) is 63.3 Å². The Kier molecular flexibility index (Phi) is 4.22. The molecule has 0 bridgehead atoms.